The molecule has 0 fully saturated rings. The van der Waals surface area contributed by atoms with Gasteiger partial charge in [-0.3, -0.25) is 13.6 Å². The predicted molar refractivity (Wildman–Crippen MR) is 51.7 cm³/mol. The lowest BCUT2D eigenvalue weighted by Crippen LogP contribution is -2.08. The summed E-state index contributed by atoms with van der Waals surface area (Å²) in [4.78, 5) is 0. The van der Waals surface area contributed by atoms with E-state index < -0.39 is 7.82 Å². The molecule has 0 aromatic heterocycles. The highest BCUT2D eigenvalue weighted by Crippen LogP contribution is 2.50. The molecule has 0 aromatic rings. The minimum Gasteiger partial charge on any atom is -0.287 e. The standard InChI is InChI=1S/C8H19O4P/c1-5-8(4)12-13(9,10-6-2)11-7-3/h8H,5-7H2,1-4H3/t8-/m0/s1. The van der Waals surface area contributed by atoms with Crippen molar-refractivity contribution in [1.29, 1.82) is 0 Å². The molecule has 4 nitrogen and oxygen atoms in total. The molecule has 1 atom stereocenters. The second kappa shape index (κ2) is 6.55. The van der Waals surface area contributed by atoms with Crippen LogP contribution in [0.4, 0.5) is 0 Å². The molecule has 0 unspecified atom stereocenters. The quantitative estimate of drug-likeness (QED) is 0.606. The van der Waals surface area contributed by atoms with Crippen LogP contribution in [-0.4, -0.2) is 19.3 Å². The van der Waals surface area contributed by atoms with Crippen LogP contribution in [-0.2, 0) is 18.1 Å². The Labute approximate surface area is 80.2 Å². The molecule has 0 bridgehead atoms. The SMILES string of the molecule is CCOP(=O)(OCC)O[C@@H](C)CC. The Hall–Kier alpha value is 0.110. The van der Waals surface area contributed by atoms with Gasteiger partial charge in [-0.05, 0) is 27.2 Å². The van der Waals surface area contributed by atoms with E-state index in [4.69, 9.17) is 13.6 Å². The van der Waals surface area contributed by atoms with E-state index >= 15 is 0 Å². The topological polar surface area (TPSA) is 44.8 Å². The number of hydrogen-bond donors (Lipinski definition) is 0. The van der Waals surface area contributed by atoms with Crippen LogP contribution < -0.4 is 0 Å². The van der Waals surface area contributed by atoms with Crippen LogP contribution in [0.25, 0.3) is 0 Å². The van der Waals surface area contributed by atoms with Crippen LogP contribution in [0.2, 0.25) is 0 Å². The molecule has 0 aliphatic carbocycles. The molecule has 0 saturated carbocycles. The largest absolute Gasteiger partial charge is 0.475 e. The van der Waals surface area contributed by atoms with Gasteiger partial charge in [-0.1, -0.05) is 6.92 Å². The molecule has 0 N–H and O–H groups in total. The van der Waals surface area contributed by atoms with E-state index in [9.17, 15) is 4.57 Å². The third kappa shape index (κ3) is 5.42. The first-order valence-corrected chi connectivity index (χ1v) is 6.11. The lowest BCUT2D eigenvalue weighted by molar-refractivity contribution is 0.0894. The number of rotatable bonds is 7. The van der Waals surface area contributed by atoms with Gasteiger partial charge in [-0.2, -0.15) is 0 Å². The van der Waals surface area contributed by atoms with Crippen molar-refractivity contribution < 1.29 is 18.1 Å². The molecule has 0 saturated heterocycles. The van der Waals surface area contributed by atoms with Crippen LogP contribution in [0.1, 0.15) is 34.1 Å². The summed E-state index contributed by atoms with van der Waals surface area (Å²) in [5.74, 6) is 0. The Kier molecular flexibility index (Phi) is 6.60. The zero-order chi connectivity index (χ0) is 10.3. The van der Waals surface area contributed by atoms with Gasteiger partial charge in [0.2, 0.25) is 0 Å². The van der Waals surface area contributed by atoms with Crippen molar-refractivity contribution in [2.24, 2.45) is 0 Å². The lowest BCUT2D eigenvalue weighted by Gasteiger charge is -2.19. The molecule has 0 aliphatic rings. The van der Waals surface area contributed by atoms with Crippen molar-refractivity contribution in [3.63, 3.8) is 0 Å². The number of hydrogen-bond acceptors (Lipinski definition) is 4. The van der Waals surface area contributed by atoms with Crippen LogP contribution in [0.15, 0.2) is 0 Å². The van der Waals surface area contributed by atoms with Gasteiger partial charge < -0.3 is 0 Å². The van der Waals surface area contributed by atoms with E-state index in [1.54, 1.807) is 13.8 Å². The van der Waals surface area contributed by atoms with E-state index in [1.807, 2.05) is 13.8 Å². The Balaban J connectivity index is 4.14. The highest BCUT2D eigenvalue weighted by molar-refractivity contribution is 7.48. The minimum absolute atomic E-state index is 0.107. The van der Waals surface area contributed by atoms with Gasteiger partial charge in [-0.15, -0.1) is 0 Å². The van der Waals surface area contributed by atoms with E-state index in [1.165, 1.54) is 0 Å². The summed E-state index contributed by atoms with van der Waals surface area (Å²) in [5.41, 5.74) is 0. The van der Waals surface area contributed by atoms with E-state index in [0.29, 0.717) is 13.2 Å². The van der Waals surface area contributed by atoms with Crippen molar-refractivity contribution in [3.8, 4) is 0 Å². The van der Waals surface area contributed by atoms with Gasteiger partial charge >= 0.3 is 7.82 Å². The molecule has 0 aromatic carbocycles. The number of phosphoric acid groups is 1. The lowest BCUT2D eigenvalue weighted by atomic mass is 10.3. The summed E-state index contributed by atoms with van der Waals surface area (Å²) >= 11 is 0. The first-order chi connectivity index (χ1) is 6.08. The minimum atomic E-state index is -3.29. The molecule has 13 heavy (non-hydrogen) atoms. The van der Waals surface area contributed by atoms with Gasteiger partial charge in [0.1, 0.15) is 0 Å². The fraction of sp³-hybridized carbons (Fsp3) is 1.00. The molecule has 0 amide bonds. The summed E-state index contributed by atoms with van der Waals surface area (Å²) in [6, 6.07) is 0. The van der Waals surface area contributed by atoms with Gasteiger partial charge in [0.15, 0.2) is 0 Å². The van der Waals surface area contributed by atoms with Crippen molar-refractivity contribution in [3.05, 3.63) is 0 Å². The Morgan fingerprint density at radius 3 is 1.92 bits per heavy atom. The zero-order valence-electron chi connectivity index (χ0n) is 8.78. The predicted octanol–water partition coefficient (Wildman–Crippen LogP) is 2.98. The molecule has 5 heteroatoms. The summed E-state index contributed by atoms with van der Waals surface area (Å²) in [6.07, 6.45) is 0.674. The van der Waals surface area contributed by atoms with Crippen LogP contribution >= 0.6 is 7.82 Å². The van der Waals surface area contributed by atoms with E-state index in [2.05, 4.69) is 0 Å². The van der Waals surface area contributed by atoms with Gasteiger partial charge in [0, 0.05) is 0 Å². The fourth-order valence-electron chi connectivity index (χ4n) is 0.709. The molecule has 0 heterocycles. The molecular weight excluding hydrogens is 191 g/mol. The Morgan fingerprint density at radius 2 is 1.62 bits per heavy atom. The summed E-state index contributed by atoms with van der Waals surface area (Å²) in [5, 5.41) is 0. The van der Waals surface area contributed by atoms with Crippen LogP contribution in [0.3, 0.4) is 0 Å². The molecular formula is C8H19O4P. The normalized spacial score (nSPS) is 14.5. The maximum atomic E-state index is 11.7. The third-order valence-electron chi connectivity index (χ3n) is 1.46. The third-order valence-corrected chi connectivity index (χ3v) is 3.23. The molecule has 0 rings (SSSR count). The van der Waals surface area contributed by atoms with Crippen molar-refractivity contribution >= 4 is 7.82 Å². The maximum absolute atomic E-state index is 11.7. The molecule has 0 spiro atoms. The summed E-state index contributed by atoms with van der Waals surface area (Å²) in [7, 11) is -3.29. The first kappa shape index (κ1) is 13.1. The molecule has 0 radical (unpaired) electrons. The van der Waals surface area contributed by atoms with Crippen LogP contribution in [0, 0.1) is 0 Å². The maximum Gasteiger partial charge on any atom is 0.475 e. The fourth-order valence-corrected chi connectivity index (χ4v) is 2.13. The van der Waals surface area contributed by atoms with Gasteiger partial charge in [0.25, 0.3) is 0 Å². The van der Waals surface area contributed by atoms with Crippen molar-refractivity contribution in [1.82, 2.24) is 0 Å². The number of phosphoric ester groups is 1. The Morgan fingerprint density at radius 1 is 1.15 bits per heavy atom. The first-order valence-electron chi connectivity index (χ1n) is 4.65. The van der Waals surface area contributed by atoms with Crippen molar-refractivity contribution in [2.45, 2.75) is 40.2 Å². The summed E-state index contributed by atoms with van der Waals surface area (Å²) in [6.45, 7) is 7.95. The highest BCUT2D eigenvalue weighted by Gasteiger charge is 2.27. The molecule has 80 valence electrons. The van der Waals surface area contributed by atoms with Crippen molar-refractivity contribution in [2.75, 3.05) is 13.2 Å². The van der Waals surface area contributed by atoms with E-state index in [0.717, 1.165) is 6.42 Å². The Bertz CT molecular complexity index is 162. The second-order valence-electron chi connectivity index (χ2n) is 2.61. The smallest absolute Gasteiger partial charge is 0.287 e. The summed E-state index contributed by atoms with van der Waals surface area (Å²) < 4.78 is 26.8. The molecule has 0 aliphatic heterocycles. The highest BCUT2D eigenvalue weighted by atomic mass is 31.2. The van der Waals surface area contributed by atoms with Gasteiger partial charge in [-0.25, -0.2) is 4.57 Å². The van der Waals surface area contributed by atoms with Gasteiger partial charge in [0.05, 0.1) is 19.3 Å². The second-order valence-corrected chi connectivity index (χ2v) is 4.23. The monoisotopic (exact) mass is 210 g/mol. The van der Waals surface area contributed by atoms with Crippen LogP contribution in [0.5, 0.6) is 0 Å². The zero-order valence-corrected chi connectivity index (χ0v) is 9.67. The van der Waals surface area contributed by atoms with E-state index in [-0.39, 0.29) is 6.10 Å². The average Bonchev–Trinajstić information content (AvgIpc) is 2.04. The average molecular weight is 210 g/mol.